The molecule has 0 fully saturated rings. The lowest BCUT2D eigenvalue weighted by atomic mass is 9.77. The quantitative estimate of drug-likeness (QED) is 0.192. The first-order chi connectivity index (χ1) is 18.7. The van der Waals surface area contributed by atoms with E-state index in [9.17, 15) is 0 Å². The number of nitrogens with zero attached hydrogens (tertiary/aromatic N) is 2. The Bertz CT molecular complexity index is 1710. The fourth-order valence-corrected chi connectivity index (χ4v) is 7.26. The van der Waals surface area contributed by atoms with Crippen LogP contribution in [-0.4, -0.2) is 30.4 Å². The highest BCUT2D eigenvalue weighted by Crippen LogP contribution is 2.49. The van der Waals surface area contributed by atoms with Gasteiger partial charge in [0.25, 0.3) is 0 Å². The number of benzene rings is 4. The van der Waals surface area contributed by atoms with Crippen LogP contribution in [0.25, 0.3) is 21.5 Å². The molecule has 39 heavy (non-hydrogen) atoms. The highest BCUT2D eigenvalue weighted by molar-refractivity contribution is 6.07. The van der Waals surface area contributed by atoms with Crippen molar-refractivity contribution in [2.75, 3.05) is 19.0 Å². The predicted octanol–water partition coefficient (Wildman–Crippen LogP) is 8.85. The third kappa shape index (κ3) is 3.97. The van der Waals surface area contributed by atoms with Gasteiger partial charge in [0, 0.05) is 41.9 Å². The molecule has 2 aliphatic rings. The van der Waals surface area contributed by atoms with E-state index in [1.807, 2.05) is 0 Å². The largest absolute Gasteiger partial charge is 0.370 e. The van der Waals surface area contributed by atoms with Crippen molar-refractivity contribution in [1.29, 1.82) is 0 Å². The second kappa shape index (κ2) is 9.38. The van der Waals surface area contributed by atoms with Crippen LogP contribution in [0.1, 0.15) is 45.2 Å². The molecule has 1 atom stereocenters. The Hall–Kier alpha value is -3.91. The van der Waals surface area contributed by atoms with Crippen molar-refractivity contribution in [2.24, 2.45) is 0 Å². The lowest BCUT2D eigenvalue weighted by Crippen LogP contribution is -2.38. The number of likely N-dealkylation sites (N-methyl/N-ethyl adjacent to an activating group) is 1. The smallest absolute Gasteiger partial charge is 0.210 e. The molecule has 6 rings (SSSR count). The lowest BCUT2D eigenvalue weighted by molar-refractivity contribution is -0.401. The summed E-state index contributed by atoms with van der Waals surface area (Å²) in [5.41, 5.74) is 6.92. The molecule has 0 radical (unpaired) electrons. The minimum Gasteiger partial charge on any atom is -0.370 e. The first kappa shape index (κ1) is 25.4. The Morgan fingerprint density at radius 2 is 1.36 bits per heavy atom. The minimum atomic E-state index is -0.0526. The fraction of sp³-hybridized carbons (Fsp3) is 0.270. The second-order valence-corrected chi connectivity index (χ2v) is 12.2. The van der Waals surface area contributed by atoms with Gasteiger partial charge in [0.2, 0.25) is 5.69 Å². The van der Waals surface area contributed by atoms with Gasteiger partial charge in [-0.05, 0) is 59.5 Å². The summed E-state index contributed by atoms with van der Waals surface area (Å²) in [5, 5.41) is 5.37. The first-order valence-corrected chi connectivity index (χ1v) is 14.1. The maximum absolute atomic E-state index is 2.48. The van der Waals surface area contributed by atoms with Crippen LogP contribution in [0.4, 0.5) is 11.4 Å². The van der Waals surface area contributed by atoms with Gasteiger partial charge in [-0.2, -0.15) is 4.58 Å². The Morgan fingerprint density at radius 3 is 2.08 bits per heavy atom. The summed E-state index contributed by atoms with van der Waals surface area (Å²) in [6.07, 6.45) is 14.3. The summed E-state index contributed by atoms with van der Waals surface area (Å²) >= 11 is 0. The van der Waals surface area contributed by atoms with E-state index >= 15 is 0 Å². The molecule has 0 bridgehead atoms. The second-order valence-electron chi connectivity index (χ2n) is 12.2. The van der Waals surface area contributed by atoms with Crippen molar-refractivity contribution in [1.82, 2.24) is 0 Å². The molecular weight excluding hydrogens is 472 g/mol. The van der Waals surface area contributed by atoms with Crippen molar-refractivity contribution in [2.45, 2.75) is 51.0 Å². The van der Waals surface area contributed by atoms with E-state index in [0.717, 1.165) is 6.42 Å². The van der Waals surface area contributed by atoms with Gasteiger partial charge in [0.15, 0.2) is 5.71 Å². The minimum absolute atomic E-state index is 0.0526. The number of fused-ring (bicyclic) bond motifs is 6. The van der Waals surface area contributed by atoms with Gasteiger partial charge >= 0.3 is 0 Å². The molecule has 2 nitrogen and oxygen atoms in total. The van der Waals surface area contributed by atoms with E-state index in [1.54, 1.807) is 0 Å². The Labute approximate surface area is 233 Å². The number of hydrogen-bond donors (Lipinski definition) is 0. The van der Waals surface area contributed by atoms with Crippen LogP contribution in [0.2, 0.25) is 0 Å². The zero-order valence-electron chi connectivity index (χ0n) is 24.1. The van der Waals surface area contributed by atoms with Crippen LogP contribution < -0.4 is 4.90 Å². The highest BCUT2D eigenvalue weighted by Gasteiger charge is 2.44. The zero-order valence-corrected chi connectivity index (χ0v) is 24.1. The zero-order chi connectivity index (χ0) is 27.4. The molecule has 0 spiro atoms. The topological polar surface area (TPSA) is 6.25 Å². The molecule has 2 heterocycles. The summed E-state index contributed by atoms with van der Waals surface area (Å²) in [6, 6.07) is 27.0. The Balaban J connectivity index is 1.16. The van der Waals surface area contributed by atoms with E-state index in [-0.39, 0.29) is 10.8 Å². The summed E-state index contributed by atoms with van der Waals surface area (Å²) < 4.78 is 2.35. The Morgan fingerprint density at radius 1 is 0.744 bits per heavy atom. The van der Waals surface area contributed by atoms with Crippen molar-refractivity contribution in [3.05, 3.63) is 120 Å². The number of anilines is 1. The Kier molecular flexibility index (Phi) is 6.10. The summed E-state index contributed by atoms with van der Waals surface area (Å²) in [4.78, 5) is 2.48. The van der Waals surface area contributed by atoms with Crippen molar-refractivity contribution in [3.8, 4) is 0 Å². The van der Waals surface area contributed by atoms with Gasteiger partial charge in [-0.25, -0.2) is 0 Å². The highest BCUT2D eigenvalue weighted by atomic mass is 15.2. The first-order valence-electron chi connectivity index (χ1n) is 14.1. The van der Waals surface area contributed by atoms with Crippen LogP contribution in [0.15, 0.2) is 109 Å². The summed E-state index contributed by atoms with van der Waals surface area (Å²) in [6.45, 7) is 9.48. The van der Waals surface area contributed by atoms with Crippen LogP contribution in [0.5, 0.6) is 0 Å². The monoisotopic (exact) mass is 511 g/mol. The third-order valence-corrected chi connectivity index (χ3v) is 9.21. The molecule has 0 N–H and O–H groups in total. The third-order valence-electron chi connectivity index (χ3n) is 9.21. The standard InChI is InChI=1S/C37H39N2/c1-36(2)32(38(5)30-24-22-26-16-12-14-18-28(26)34(30)36)20-10-8-7-9-11-21-33-37(3,4)35-29-19-15-13-17-27(29)23-25-31(35)39(33)6/h7-20,22-25,33H,21H2,1-6H3/q+1. The molecular formula is C37H39N2+. The molecule has 2 aliphatic heterocycles. The van der Waals surface area contributed by atoms with Crippen LogP contribution >= 0.6 is 0 Å². The van der Waals surface area contributed by atoms with Crippen LogP contribution in [-0.2, 0) is 10.8 Å². The maximum Gasteiger partial charge on any atom is 0.210 e. The van der Waals surface area contributed by atoms with Gasteiger partial charge < -0.3 is 4.90 Å². The van der Waals surface area contributed by atoms with Crippen molar-refractivity contribution >= 4 is 38.6 Å². The molecule has 4 aromatic carbocycles. The molecule has 0 aromatic heterocycles. The maximum atomic E-state index is 2.48. The van der Waals surface area contributed by atoms with E-state index in [4.69, 9.17) is 0 Å². The average Bonchev–Trinajstić information content (AvgIpc) is 3.25. The molecule has 0 aliphatic carbocycles. The molecule has 4 aromatic rings. The normalized spacial score (nSPS) is 19.8. The number of hydrogen-bond acceptors (Lipinski definition) is 1. The van der Waals surface area contributed by atoms with Crippen molar-refractivity contribution in [3.63, 3.8) is 0 Å². The van der Waals surface area contributed by atoms with Crippen molar-refractivity contribution < 1.29 is 4.58 Å². The molecule has 2 heteroatoms. The van der Waals surface area contributed by atoms with E-state index in [1.165, 1.54) is 49.8 Å². The van der Waals surface area contributed by atoms with Crippen LogP contribution in [0.3, 0.4) is 0 Å². The van der Waals surface area contributed by atoms with Gasteiger partial charge in [-0.3, -0.25) is 0 Å². The molecule has 1 unspecified atom stereocenters. The number of allylic oxidation sites excluding steroid dienone is 5. The van der Waals surface area contributed by atoms with Gasteiger partial charge in [0.05, 0.1) is 5.41 Å². The average molecular weight is 512 g/mol. The number of rotatable bonds is 5. The SMILES string of the molecule is CN1c2ccc3ccccc3c2C(C)(C)C1CC=CC=CC=CC1=[N+](C)c2ccc3ccccc3c2C1(C)C. The molecule has 0 saturated carbocycles. The van der Waals surface area contributed by atoms with E-state index in [0.29, 0.717) is 6.04 Å². The molecule has 196 valence electrons. The molecule has 0 amide bonds. The summed E-state index contributed by atoms with van der Waals surface area (Å²) in [5.74, 6) is 0. The van der Waals surface area contributed by atoms with E-state index in [2.05, 4.69) is 161 Å². The molecule has 0 saturated heterocycles. The lowest BCUT2D eigenvalue weighted by Gasteiger charge is -2.31. The van der Waals surface area contributed by atoms with E-state index < -0.39 is 0 Å². The predicted molar refractivity (Wildman–Crippen MR) is 169 cm³/mol. The van der Waals surface area contributed by atoms with Gasteiger partial charge in [-0.15, -0.1) is 0 Å². The van der Waals surface area contributed by atoms with Gasteiger partial charge in [0.1, 0.15) is 7.05 Å². The summed E-state index contributed by atoms with van der Waals surface area (Å²) in [7, 11) is 4.43. The fourth-order valence-electron chi connectivity index (χ4n) is 7.26. The van der Waals surface area contributed by atoms with Crippen LogP contribution in [0, 0.1) is 0 Å². The van der Waals surface area contributed by atoms with Gasteiger partial charge in [-0.1, -0.05) is 98.8 Å².